The average molecular weight is 313 g/mol. The quantitative estimate of drug-likeness (QED) is 0.933. The highest BCUT2D eigenvalue weighted by molar-refractivity contribution is 5.79. The Labute approximate surface area is 126 Å². The van der Waals surface area contributed by atoms with Crippen molar-refractivity contribution in [2.24, 2.45) is 5.92 Å². The van der Waals surface area contributed by atoms with Crippen molar-refractivity contribution in [3.05, 3.63) is 23.9 Å². The lowest BCUT2D eigenvalue weighted by Crippen LogP contribution is -2.41. The summed E-state index contributed by atoms with van der Waals surface area (Å²) in [6.07, 6.45) is 0.231. The molecule has 1 saturated carbocycles. The molecule has 1 aliphatic heterocycles. The molecule has 3 rings (SSSR count). The third kappa shape index (κ3) is 3.51. The number of amides is 1. The first-order valence-corrected chi connectivity index (χ1v) is 7.52. The molecule has 22 heavy (non-hydrogen) atoms. The Morgan fingerprint density at radius 1 is 1.23 bits per heavy atom. The maximum atomic E-state index is 12.7. The van der Waals surface area contributed by atoms with Crippen molar-refractivity contribution in [3.8, 4) is 0 Å². The van der Waals surface area contributed by atoms with Crippen LogP contribution in [0, 0.1) is 5.92 Å². The van der Waals surface area contributed by atoms with E-state index in [4.69, 9.17) is 0 Å². The Morgan fingerprint density at radius 2 is 1.91 bits per heavy atom. The second-order valence-electron chi connectivity index (χ2n) is 5.94. The van der Waals surface area contributed by atoms with E-state index in [0.29, 0.717) is 37.8 Å². The van der Waals surface area contributed by atoms with Gasteiger partial charge in [0, 0.05) is 31.2 Å². The number of hydrogen-bond donors (Lipinski definition) is 1. The number of nitrogens with one attached hydrogen (secondary N) is 1. The molecular formula is C15H18F3N3O. The van der Waals surface area contributed by atoms with Crippen molar-refractivity contribution >= 4 is 11.7 Å². The van der Waals surface area contributed by atoms with Crippen LogP contribution >= 0.6 is 0 Å². The van der Waals surface area contributed by atoms with Gasteiger partial charge in [-0.1, -0.05) is 0 Å². The van der Waals surface area contributed by atoms with E-state index in [-0.39, 0.29) is 11.8 Å². The number of carbonyl (C=O) groups excluding carboxylic acids is 1. The molecule has 0 spiro atoms. The van der Waals surface area contributed by atoms with Crippen molar-refractivity contribution in [3.63, 3.8) is 0 Å². The van der Waals surface area contributed by atoms with E-state index >= 15 is 0 Å². The van der Waals surface area contributed by atoms with Crippen LogP contribution in [-0.2, 0) is 11.0 Å². The van der Waals surface area contributed by atoms with E-state index in [2.05, 4.69) is 10.3 Å². The van der Waals surface area contributed by atoms with Gasteiger partial charge in [0.1, 0.15) is 5.82 Å². The Kier molecular flexibility index (Phi) is 3.97. The topological polar surface area (TPSA) is 45.2 Å². The Bertz CT molecular complexity index is 549. The third-order valence-corrected chi connectivity index (χ3v) is 4.19. The molecule has 1 aromatic heterocycles. The lowest BCUT2D eigenvalue weighted by molar-refractivity contribution is -0.137. The van der Waals surface area contributed by atoms with Gasteiger partial charge in [0.25, 0.3) is 0 Å². The third-order valence-electron chi connectivity index (χ3n) is 4.19. The lowest BCUT2D eigenvalue weighted by atomic mass is 9.96. The SMILES string of the molecule is O=C(NC1CC1)C1CCN(c2cc(C(F)(F)F)ccn2)CC1. The molecule has 7 heteroatoms. The fourth-order valence-electron chi connectivity index (χ4n) is 2.69. The predicted molar refractivity (Wildman–Crippen MR) is 75.3 cm³/mol. The zero-order valence-corrected chi connectivity index (χ0v) is 12.1. The summed E-state index contributed by atoms with van der Waals surface area (Å²) in [5.74, 6) is 0.373. The first-order valence-electron chi connectivity index (χ1n) is 7.52. The summed E-state index contributed by atoms with van der Waals surface area (Å²) in [6.45, 7) is 1.11. The molecule has 2 fully saturated rings. The molecule has 2 aliphatic rings. The smallest absolute Gasteiger partial charge is 0.357 e. The minimum atomic E-state index is -4.36. The van der Waals surface area contributed by atoms with Gasteiger partial charge in [-0.05, 0) is 37.8 Å². The lowest BCUT2D eigenvalue weighted by Gasteiger charge is -2.32. The number of carbonyl (C=O) groups is 1. The van der Waals surface area contributed by atoms with Crippen LogP contribution < -0.4 is 10.2 Å². The predicted octanol–water partition coefficient (Wildman–Crippen LogP) is 2.60. The van der Waals surface area contributed by atoms with E-state index in [1.807, 2.05) is 4.90 Å². The van der Waals surface area contributed by atoms with E-state index in [9.17, 15) is 18.0 Å². The number of hydrogen-bond acceptors (Lipinski definition) is 3. The van der Waals surface area contributed by atoms with Gasteiger partial charge in [-0.3, -0.25) is 4.79 Å². The molecule has 120 valence electrons. The van der Waals surface area contributed by atoms with Crippen LogP contribution in [0.25, 0.3) is 0 Å². The highest BCUT2D eigenvalue weighted by Crippen LogP contribution is 2.31. The number of rotatable bonds is 3. The van der Waals surface area contributed by atoms with Crippen LogP contribution in [0.1, 0.15) is 31.2 Å². The molecule has 1 aliphatic carbocycles. The summed E-state index contributed by atoms with van der Waals surface area (Å²) in [6, 6.07) is 2.39. The molecule has 0 bridgehead atoms. The molecule has 0 radical (unpaired) electrons. The highest BCUT2D eigenvalue weighted by atomic mass is 19.4. The monoisotopic (exact) mass is 313 g/mol. The maximum Gasteiger partial charge on any atom is 0.416 e. The molecule has 1 saturated heterocycles. The second-order valence-corrected chi connectivity index (χ2v) is 5.94. The summed E-state index contributed by atoms with van der Waals surface area (Å²) in [4.78, 5) is 17.8. The van der Waals surface area contributed by atoms with Crippen LogP contribution in [0.15, 0.2) is 18.3 Å². The van der Waals surface area contributed by atoms with Gasteiger partial charge >= 0.3 is 6.18 Å². The van der Waals surface area contributed by atoms with Gasteiger partial charge in [-0.25, -0.2) is 4.98 Å². The molecule has 0 atom stereocenters. The van der Waals surface area contributed by atoms with E-state index < -0.39 is 11.7 Å². The van der Waals surface area contributed by atoms with Gasteiger partial charge in [-0.2, -0.15) is 13.2 Å². The van der Waals surface area contributed by atoms with Gasteiger partial charge < -0.3 is 10.2 Å². The Hall–Kier alpha value is -1.79. The van der Waals surface area contributed by atoms with Crippen LogP contribution in [-0.4, -0.2) is 30.0 Å². The second kappa shape index (κ2) is 5.78. The van der Waals surface area contributed by atoms with Crippen LogP contribution in [0.4, 0.5) is 19.0 Å². The van der Waals surface area contributed by atoms with Crippen molar-refractivity contribution in [1.29, 1.82) is 0 Å². The first kappa shape index (κ1) is 15.1. The van der Waals surface area contributed by atoms with Gasteiger partial charge in [-0.15, -0.1) is 0 Å². The molecule has 1 aromatic rings. The minimum Gasteiger partial charge on any atom is -0.357 e. The zero-order valence-electron chi connectivity index (χ0n) is 12.1. The molecule has 1 amide bonds. The summed E-state index contributed by atoms with van der Waals surface area (Å²) in [5.41, 5.74) is -0.689. The van der Waals surface area contributed by atoms with Crippen molar-refractivity contribution < 1.29 is 18.0 Å². The van der Waals surface area contributed by atoms with Crippen molar-refractivity contribution in [1.82, 2.24) is 10.3 Å². The fraction of sp³-hybridized carbons (Fsp3) is 0.600. The summed E-state index contributed by atoms with van der Waals surface area (Å²) in [5, 5.41) is 2.99. The van der Waals surface area contributed by atoms with Crippen molar-refractivity contribution in [2.45, 2.75) is 37.9 Å². The number of alkyl halides is 3. The van der Waals surface area contributed by atoms with Crippen molar-refractivity contribution in [2.75, 3.05) is 18.0 Å². The molecule has 1 N–H and O–H groups in total. The summed E-state index contributed by atoms with van der Waals surface area (Å²) in [7, 11) is 0. The van der Waals surface area contributed by atoms with Gasteiger partial charge in [0.15, 0.2) is 0 Å². The number of anilines is 1. The molecule has 2 heterocycles. The van der Waals surface area contributed by atoms with E-state index in [0.717, 1.165) is 25.0 Å². The number of halogens is 3. The largest absolute Gasteiger partial charge is 0.416 e. The Balaban J connectivity index is 1.60. The number of pyridine rings is 1. The molecule has 0 unspecified atom stereocenters. The number of aromatic nitrogens is 1. The first-order chi connectivity index (χ1) is 10.4. The maximum absolute atomic E-state index is 12.7. The van der Waals surface area contributed by atoms with E-state index in [1.165, 1.54) is 6.20 Å². The minimum absolute atomic E-state index is 0.0392. The fourth-order valence-corrected chi connectivity index (χ4v) is 2.69. The average Bonchev–Trinajstić information content (AvgIpc) is 3.31. The van der Waals surface area contributed by atoms with E-state index in [1.54, 1.807) is 0 Å². The molecular weight excluding hydrogens is 295 g/mol. The number of piperidine rings is 1. The zero-order chi connectivity index (χ0) is 15.7. The van der Waals surface area contributed by atoms with Crippen LogP contribution in [0.5, 0.6) is 0 Å². The van der Waals surface area contributed by atoms with Gasteiger partial charge in [0.05, 0.1) is 5.56 Å². The highest BCUT2D eigenvalue weighted by Gasteiger charge is 2.33. The molecule has 0 aromatic carbocycles. The summed E-state index contributed by atoms with van der Waals surface area (Å²) >= 11 is 0. The number of nitrogens with zero attached hydrogens (tertiary/aromatic N) is 2. The normalized spacial score (nSPS) is 20.0. The van der Waals surface area contributed by atoms with Crippen LogP contribution in [0.3, 0.4) is 0 Å². The summed E-state index contributed by atoms with van der Waals surface area (Å²) < 4.78 is 38.2. The van der Waals surface area contributed by atoms with Gasteiger partial charge in [0.2, 0.25) is 5.91 Å². The molecule has 4 nitrogen and oxygen atoms in total. The Morgan fingerprint density at radius 3 is 2.50 bits per heavy atom. The standard InChI is InChI=1S/C15H18F3N3O/c16-15(17,18)11-3-6-19-13(9-11)21-7-4-10(5-8-21)14(22)20-12-1-2-12/h3,6,9-10,12H,1-2,4-5,7-8H2,(H,20,22). The van der Waals surface area contributed by atoms with Crippen LogP contribution in [0.2, 0.25) is 0 Å².